The van der Waals surface area contributed by atoms with Gasteiger partial charge in [0.25, 0.3) is 0 Å². The minimum Gasteiger partial charge on any atom is -0.486 e. The third kappa shape index (κ3) is 3.19. The van der Waals surface area contributed by atoms with Crippen molar-refractivity contribution >= 4 is 11.6 Å². The summed E-state index contributed by atoms with van der Waals surface area (Å²) in [6.45, 7) is 3.77. The fourth-order valence-corrected chi connectivity index (χ4v) is 3.03. The Morgan fingerprint density at radius 2 is 2.10 bits per heavy atom. The first kappa shape index (κ1) is 14.0. The number of nitrogens with one attached hydrogen (secondary N) is 1. The first-order valence-electron chi connectivity index (χ1n) is 7.23. The fraction of sp³-hybridized carbons (Fsp3) is 0.600. The molecule has 0 amide bonds. The van der Waals surface area contributed by atoms with Gasteiger partial charge in [-0.15, -0.1) is 0 Å². The predicted octanol–water partition coefficient (Wildman–Crippen LogP) is 2.16. The molecule has 3 rings (SSSR count). The van der Waals surface area contributed by atoms with E-state index in [-0.39, 0.29) is 6.10 Å². The highest BCUT2D eigenvalue weighted by atomic mass is 35.5. The van der Waals surface area contributed by atoms with Gasteiger partial charge >= 0.3 is 0 Å². The van der Waals surface area contributed by atoms with E-state index < -0.39 is 0 Å². The Labute approximate surface area is 125 Å². The Hall–Kier alpha value is -0.970. The lowest BCUT2D eigenvalue weighted by Crippen LogP contribution is -2.47. The fourth-order valence-electron chi connectivity index (χ4n) is 2.87. The van der Waals surface area contributed by atoms with Crippen molar-refractivity contribution < 1.29 is 9.47 Å². The monoisotopic (exact) mass is 296 g/mol. The van der Waals surface area contributed by atoms with Gasteiger partial charge in [0.2, 0.25) is 0 Å². The molecule has 4 nitrogen and oxygen atoms in total. The third-order valence-corrected chi connectivity index (χ3v) is 4.32. The van der Waals surface area contributed by atoms with Gasteiger partial charge in [-0.05, 0) is 45.1 Å². The maximum absolute atomic E-state index is 6.00. The lowest BCUT2D eigenvalue weighted by molar-refractivity contribution is 0.0505. The molecule has 1 saturated heterocycles. The van der Waals surface area contributed by atoms with Gasteiger partial charge in [-0.1, -0.05) is 11.6 Å². The molecule has 1 atom stereocenters. The van der Waals surface area contributed by atoms with Crippen molar-refractivity contribution in [1.82, 2.24) is 10.2 Å². The average Bonchev–Trinajstić information content (AvgIpc) is 2.47. The SMILES string of the molecule is CNC1CCN(CC2COc3ccc(Cl)cc3O2)CC1. The lowest BCUT2D eigenvalue weighted by atomic mass is 10.1. The zero-order valence-electron chi connectivity index (χ0n) is 11.8. The number of halogens is 1. The van der Waals surface area contributed by atoms with Crippen LogP contribution in [0.3, 0.4) is 0 Å². The minimum atomic E-state index is 0.0899. The number of hydrogen-bond donors (Lipinski definition) is 1. The number of piperidine rings is 1. The number of ether oxygens (including phenoxy) is 2. The lowest BCUT2D eigenvalue weighted by Gasteiger charge is -2.35. The summed E-state index contributed by atoms with van der Waals surface area (Å²) in [7, 11) is 2.04. The maximum Gasteiger partial charge on any atom is 0.163 e. The number of benzene rings is 1. The van der Waals surface area contributed by atoms with Crippen molar-refractivity contribution in [2.75, 3.05) is 33.3 Å². The molecular formula is C15H21ClN2O2. The molecule has 2 aliphatic heterocycles. The summed E-state index contributed by atoms with van der Waals surface area (Å²) in [5.41, 5.74) is 0. The van der Waals surface area contributed by atoms with Crippen LogP contribution in [0.1, 0.15) is 12.8 Å². The van der Waals surface area contributed by atoms with E-state index in [1.165, 1.54) is 12.8 Å². The van der Waals surface area contributed by atoms with Crippen molar-refractivity contribution in [2.24, 2.45) is 0 Å². The van der Waals surface area contributed by atoms with Crippen LogP contribution < -0.4 is 14.8 Å². The molecule has 0 saturated carbocycles. The average molecular weight is 297 g/mol. The van der Waals surface area contributed by atoms with E-state index in [0.717, 1.165) is 31.1 Å². The standard InChI is InChI=1S/C15H21ClN2O2/c1-17-12-4-6-18(7-5-12)9-13-10-19-14-3-2-11(16)8-15(14)20-13/h2-3,8,12-13,17H,4-7,9-10H2,1H3. The smallest absolute Gasteiger partial charge is 0.163 e. The second-order valence-electron chi connectivity index (χ2n) is 5.51. The first-order chi connectivity index (χ1) is 9.74. The molecule has 110 valence electrons. The summed E-state index contributed by atoms with van der Waals surface area (Å²) in [6, 6.07) is 6.18. The van der Waals surface area contributed by atoms with Crippen LogP contribution in [0.25, 0.3) is 0 Å². The van der Waals surface area contributed by atoms with Crippen molar-refractivity contribution in [3.05, 3.63) is 23.2 Å². The Kier molecular flexibility index (Phi) is 4.34. The first-order valence-corrected chi connectivity index (χ1v) is 7.61. The zero-order valence-corrected chi connectivity index (χ0v) is 12.5. The molecule has 1 unspecified atom stereocenters. The molecule has 1 aromatic rings. The van der Waals surface area contributed by atoms with E-state index in [4.69, 9.17) is 21.1 Å². The summed E-state index contributed by atoms with van der Waals surface area (Å²) in [5, 5.41) is 4.03. The zero-order chi connectivity index (χ0) is 13.9. The second-order valence-corrected chi connectivity index (χ2v) is 5.94. The Morgan fingerprint density at radius 1 is 1.30 bits per heavy atom. The van der Waals surface area contributed by atoms with Crippen LogP contribution >= 0.6 is 11.6 Å². The Morgan fingerprint density at radius 3 is 2.85 bits per heavy atom. The van der Waals surface area contributed by atoms with Gasteiger partial charge in [0.15, 0.2) is 11.5 Å². The van der Waals surface area contributed by atoms with Crippen molar-refractivity contribution in [3.8, 4) is 11.5 Å². The highest BCUT2D eigenvalue weighted by Crippen LogP contribution is 2.34. The molecule has 2 aliphatic rings. The van der Waals surface area contributed by atoms with Gasteiger partial charge in [0, 0.05) is 23.7 Å². The quantitative estimate of drug-likeness (QED) is 0.927. The number of fused-ring (bicyclic) bond motifs is 1. The molecule has 1 fully saturated rings. The summed E-state index contributed by atoms with van der Waals surface area (Å²) >= 11 is 6.00. The summed E-state index contributed by atoms with van der Waals surface area (Å²) in [6.07, 6.45) is 2.49. The normalized spacial score (nSPS) is 23.8. The van der Waals surface area contributed by atoms with Gasteiger partial charge in [0.05, 0.1) is 0 Å². The third-order valence-electron chi connectivity index (χ3n) is 4.08. The van der Waals surface area contributed by atoms with E-state index in [9.17, 15) is 0 Å². The van der Waals surface area contributed by atoms with Gasteiger partial charge in [-0.2, -0.15) is 0 Å². The van der Waals surface area contributed by atoms with Crippen molar-refractivity contribution in [1.29, 1.82) is 0 Å². The van der Waals surface area contributed by atoms with Crippen LogP contribution in [-0.4, -0.2) is 50.3 Å². The van der Waals surface area contributed by atoms with E-state index >= 15 is 0 Å². The molecule has 2 heterocycles. The second kappa shape index (κ2) is 6.20. The molecule has 0 aromatic heterocycles. The molecule has 5 heteroatoms. The molecule has 1 N–H and O–H groups in total. The number of nitrogens with zero attached hydrogens (tertiary/aromatic N) is 1. The molecule has 0 spiro atoms. The molecular weight excluding hydrogens is 276 g/mol. The summed E-state index contributed by atoms with van der Waals surface area (Å²) in [5.74, 6) is 1.55. The number of likely N-dealkylation sites (tertiary alicyclic amines) is 1. The summed E-state index contributed by atoms with van der Waals surface area (Å²) < 4.78 is 11.8. The number of rotatable bonds is 3. The van der Waals surface area contributed by atoms with E-state index in [0.29, 0.717) is 17.7 Å². The van der Waals surface area contributed by atoms with Gasteiger partial charge in [-0.25, -0.2) is 0 Å². The molecule has 0 radical (unpaired) electrons. The van der Waals surface area contributed by atoms with Crippen LogP contribution in [0.2, 0.25) is 5.02 Å². The Bertz CT molecular complexity index is 461. The predicted molar refractivity (Wildman–Crippen MR) is 79.9 cm³/mol. The minimum absolute atomic E-state index is 0.0899. The van der Waals surface area contributed by atoms with Gasteiger partial charge < -0.3 is 14.8 Å². The summed E-state index contributed by atoms with van der Waals surface area (Å²) in [4.78, 5) is 2.46. The molecule has 0 aliphatic carbocycles. The van der Waals surface area contributed by atoms with Crippen LogP contribution in [-0.2, 0) is 0 Å². The van der Waals surface area contributed by atoms with Crippen LogP contribution in [0, 0.1) is 0 Å². The maximum atomic E-state index is 6.00. The highest BCUT2D eigenvalue weighted by Gasteiger charge is 2.25. The van der Waals surface area contributed by atoms with Crippen LogP contribution in [0.5, 0.6) is 11.5 Å². The molecule has 1 aromatic carbocycles. The topological polar surface area (TPSA) is 33.7 Å². The Balaban J connectivity index is 1.55. The molecule has 0 bridgehead atoms. The van der Waals surface area contributed by atoms with Gasteiger partial charge in [0.1, 0.15) is 12.7 Å². The highest BCUT2D eigenvalue weighted by molar-refractivity contribution is 6.30. The van der Waals surface area contributed by atoms with Crippen LogP contribution in [0.15, 0.2) is 18.2 Å². The van der Waals surface area contributed by atoms with Crippen molar-refractivity contribution in [3.63, 3.8) is 0 Å². The molecule has 20 heavy (non-hydrogen) atoms. The van der Waals surface area contributed by atoms with E-state index in [2.05, 4.69) is 10.2 Å². The van der Waals surface area contributed by atoms with Gasteiger partial charge in [-0.3, -0.25) is 4.90 Å². The van der Waals surface area contributed by atoms with E-state index in [1.54, 1.807) is 0 Å². The largest absolute Gasteiger partial charge is 0.486 e. The van der Waals surface area contributed by atoms with Crippen molar-refractivity contribution in [2.45, 2.75) is 25.0 Å². The number of hydrogen-bond acceptors (Lipinski definition) is 4. The van der Waals surface area contributed by atoms with E-state index in [1.807, 2.05) is 25.2 Å². The van der Waals surface area contributed by atoms with Crippen LogP contribution in [0.4, 0.5) is 0 Å².